The maximum atomic E-state index is 11.1. The van der Waals surface area contributed by atoms with Crippen LogP contribution in [0.25, 0.3) is 0 Å². The maximum absolute atomic E-state index is 11.1. The van der Waals surface area contributed by atoms with Gasteiger partial charge in [0, 0.05) is 11.3 Å². The lowest BCUT2D eigenvalue weighted by molar-refractivity contribution is 0.472. The number of rotatable bonds is 5. The van der Waals surface area contributed by atoms with Gasteiger partial charge in [0.2, 0.25) is 0 Å². The number of nitrogens with two attached hydrogens (primary N) is 1. The SMILES string of the molecule is NC(=NN=Cc1cc(S(=O)(=O)O)ccc1O)SCc1ccccc1. The number of hydrogen-bond donors (Lipinski definition) is 3. The highest BCUT2D eigenvalue weighted by atomic mass is 32.2. The Morgan fingerprint density at radius 3 is 2.58 bits per heavy atom. The molecule has 24 heavy (non-hydrogen) atoms. The fourth-order valence-electron chi connectivity index (χ4n) is 1.70. The summed E-state index contributed by atoms with van der Waals surface area (Å²) in [6, 6.07) is 13.0. The van der Waals surface area contributed by atoms with Gasteiger partial charge in [0.05, 0.1) is 11.1 Å². The van der Waals surface area contributed by atoms with E-state index in [1.165, 1.54) is 11.8 Å². The van der Waals surface area contributed by atoms with Gasteiger partial charge < -0.3 is 10.8 Å². The number of phenolic OH excluding ortho intramolecular Hbond substituents is 1. The zero-order chi connectivity index (χ0) is 17.6. The van der Waals surface area contributed by atoms with E-state index in [0.717, 1.165) is 30.0 Å². The molecule has 0 aromatic heterocycles. The first-order chi connectivity index (χ1) is 11.4. The highest BCUT2D eigenvalue weighted by Gasteiger charge is 2.11. The standard InChI is InChI=1S/C15H15N3O4S2/c16-15(23-10-11-4-2-1-3-5-11)18-17-9-12-8-13(24(20,21)22)6-7-14(12)19/h1-9,19H,10H2,(H2,16,18)(H,20,21,22). The van der Waals surface area contributed by atoms with Gasteiger partial charge in [-0.05, 0) is 23.8 Å². The smallest absolute Gasteiger partial charge is 0.294 e. The molecular weight excluding hydrogens is 350 g/mol. The van der Waals surface area contributed by atoms with E-state index in [4.69, 9.17) is 10.3 Å². The third-order valence-corrected chi connectivity index (χ3v) is 4.58. The highest BCUT2D eigenvalue weighted by Crippen LogP contribution is 2.19. The number of phenols is 1. The molecule has 2 aromatic rings. The Balaban J connectivity index is 2.05. The number of nitrogens with zero attached hydrogens (tertiary/aromatic N) is 2. The lowest BCUT2D eigenvalue weighted by Crippen LogP contribution is -2.06. The minimum absolute atomic E-state index is 0.0923. The molecule has 0 saturated carbocycles. The molecule has 2 aromatic carbocycles. The summed E-state index contributed by atoms with van der Waals surface area (Å²) in [6.45, 7) is 0. The number of aromatic hydroxyl groups is 1. The van der Waals surface area contributed by atoms with Crippen LogP contribution in [-0.2, 0) is 15.9 Å². The first-order valence-electron chi connectivity index (χ1n) is 6.70. The Kier molecular flexibility index (Phi) is 5.96. The van der Waals surface area contributed by atoms with Crippen LogP contribution >= 0.6 is 11.8 Å². The van der Waals surface area contributed by atoms with Crippen molar-refractivity contribution in [2.45, 2.75) is 10.6 Å². The summed E-state index contributed by atoms with van der Waals surface area (Å²) >= 11 is 1.29. The van der Waals surface area contributed by atoms with E-state index >= 15 is 0 Å². The molecule has 0 unspecified atom stereocenters. The van der Waals surface area contributed by atoms with Crippen LogP contribution < -0.4 is 5.73 Å². The molecule has 0 aliphatic carbocycles. The molecule has 0 aliphatic heterocycles. The van der Waals surface area contributed by atoms with E-state index in [0.29, 0.717) is 5.75 Å². The molecule has 9 heteroatoms. The molecule has 0 fully saturated rings. The van der Waals surface area contributed by atoms with Crippen molar-refractivity contribution in [1.82, 2.24) is 0 Å². The Morgan fingerprint density at radius 2 is 1.92 bits per heavy atom. The van der Waals surface area contributed by atoms with Crippen LogP contribution in [0.3, 0.4) is 0 Å². The van der Waals surface area contributed by atoms with E-state index in [9.17, 15) is 13.5 Å². The number of hydrogen-bond acceptors (Lipinski definition) is 6. The number of thioether (sulfide) groups is 1. The number of amidine groups is 1. The average molecular weight is 365 g/mol. The van der Waals surface area contributed by atoms with Crippen LogP contribution in [0, 0.1) is 0 Å². The molecule has 4 N–H and O–H groups in total. The van der Waals surface area contributed by atoms with Gasteiger partial charge in [-0.1, -0.05) is 42.1 Å². The van der Waals surface area contributed by atoms with Crippen LogP contribution in [-0.4, -0.2) is 29.5 Å². The molecule has 126 valence electrons. The minimum Gasteiger partial charge on any atom is -0.507 e. The predicted molar refractivity (Wildman–Crippen MR) is 94.9 cm³/mol. The summed E-state index contributed by atoms with van der Waals surface area (Å²) in [4.78, 5) is -0.350. The summed E-state index contributed by atoms with van der Waals surface area (Å²) in [5, 5.41) is 17.4. The molecule has 7 nitrogen and oxygen atoms in total. The Morgan fingerprint density at radius 1 is 1.21 bits per heavy atom. The maximum Gasteiger partial charge on any atom is 0.294 e. The van der Waals surface area contributed by atoms with E-state index in [2.05, 4.69) is 10.2 Å². The topological polar surface area (TPSA) is 125 Å². The largest absolute Gasteiger partial charge is 0.507 e. The second-order valence-corrected chi connectivity index (χ2v) is 7.07. The van der Waals surface area contributed by atoms with E-state index in [1.807, 2.05) is 30.3 Å². The monoisotopic (exact) mass is 365 g/mol. The van der Waals surface area contributed by atoms with E-state index in [1.54, 1.807) is 0 Å². The predicted octanol–water partition coefficient (Wildman–Crippen LogP) is 2.22. The van der Waals surface area contributed by atoms with Crippen molar-refractivity contribution >= 4 is 33.3 Å². The third kappa shape index (κ3) is 5.37. The molecule has 0 radical (unpaired) electrons. The van der Waals surface area contributed by atoms with Gasteiger partial charge in [-0.25, -0.2) is 0 Å². The Labute approximate surface area is 143 Å². The van der Waals surface area contributed by atoms with Gasteiger partial charge in [0.25, 0.3) is 10.1 Å². The molecular formula is C15H15N3O4S2. The molecule has 0 atom stereocenters. The molecule has 0 heterocycles. The second kappa shape index (κ2) is 7.95. The normalized spacial score (nSPS) is 12.6. The van der Waals surface area contributed by atoms with Crippen molar-refractivity contribution in [3.05, 3.63) is 59.7 Å². The van der Waals surface area contributed by atoms with Crippen LogP contribution in [0.1, 0.15) is 11.1 Å². The van der Waals surface area contributed by atoms with Crippen LogP contribution in [0.2, 0.25) is 0 Å². The van der Waals surface area contributed by atoms with Crippen molar-refractivity contribution in [1.29, 1.82) is 0 Å². The van der Waals surface area contributed by atoms with Crippen molar-refractivity contribution in [2.24, 2.45) is 15.9 Å². The van der Waals surface area contributed by atoms with Gasteiger partial charge in [0.1, 0.15) is 5.75 Å². The summed E-state index contributed by atoms with van der Waals surface area (Å²) in [5.74, 6) is 0.437. The molecule has 0 saturated heterocycles. The molecule has 0 amide bonds. The quantitative estimate of drug-likeness (QED) is 0.323. The van der Waals surface area contributed by atoms with Crippen LogP contribution in [0.5, 0.6) is 5.75 Å². The Hall–Kier alpha value is -2.36. The first kappa shape index (κ1) is 18.0. The van der Waals surface area contributed by atoms with Gasteiger partial charge in [-0.15, -0.1) is 5.10 Å². The summed E-state index contributed by atoms with van der Waals surface area (Å²) in [6.07, 6.45) is 1.15. The summed E-state index contributed by atoms with van der Waals surface area (Å²) in [7, 11) is -4.36. The lowest BCUT2D eigenvalue weighted by Gasteiger charge is -2.01. The fraction of sp³-hybridized carbons (Fsp3) is 0.0667. The van der Waals surface area contributed by atoms with E-state index < -0.39 is 10.1 Å². The van der Waals surface area contributed by atoms with Gasteiger partial charge >= 0.3 is 0 Å². The van der Waals surface area contributed by atoms with Gasteiger partial charge in [0.15, 0.2) is 5.17 Å². The molecule has 0 spiro atoms. The van der Waals surface area contributed by atoms with Crippen LogP contribution in [0.15, 0.2) is 63.6 Å². The van der Waals surface area contributed by atoms with Crippen molar-refractivity contribution in [3.63, 3.8) is 0 Å². The second-order valence-electron chi connectivity index (χ2n) is 4.65. The van der Waals surface area contributed by atoms with Crippen molar-refractivity contribution in [3.8, 4) is 5.75 Å². The first-order valence-corrected chi connectivity index (χ1v) is 9.12. The molecule has 2 rings (SSSR count). The highest BCUT2D eigenvalue weighted by molar-refractivity contribution is 8.13. The van der Waals surface area contributed by atoms with Gasteiger partial charge in [-0.3, -0.25) is 4.55 Å². The lowest BCUT2D eigenvalue weighted by atomic mass is 10.2. The minimum atomic E-state index is -4.36. The van der Waals surface area contributed by atoms with Crippen molar-refractivity contribution in [2.75, 3.05) is 0 Å². The van der Waals surface area contributed by atoms with Gasteiger partial charge in [-0.2, -0.15) is 13.5 Å². The zero-order valence-electron chi connectivity index (χ0n) is 12.4. The summed E-state index contributed by atoms with van der Waals surface area (Å²) < 4.78 is 31.1. The number of benzene rings is 2. The third-order valence-electron chi connectivity index (χ3n) is 2.88. The van der Waals surface area contributed by atoms with E-state index in [-0.39, 0.29) is 21.4 Å². The average Bonchev–Trinajstić information content (AvgIpc) is 2.54. The summed E-state index contributed by atoms with van der Waals surface area (Å²) in [5.41, 5.74) is 6.90. The van der Waals surface area contributed by atoms with Crippen LogP contribution in [0.4, 0.5) is 0 Å². The molecule has 0 bridgehead atoms. The zero-order valence-corrected chi connectivity index (χ0v) is 14.0. The Bertz CT molecular complexity index is 866. The molecule has 0 aliphatic rings. The van der Waals surface area contributed by atoms with Crippen molar-refractivity contribution < 1.29 is 18.1 Å². The fourth-order valence-corrected chi connectivity index (χ4v) is 2.83.